The molecule has 108 valence electrons. The molecule has 1 unspecified atom stereocenters. The summed E-state index contributed by atoms with van der Waals surface area (Å²) in [5, 5.41) is 0. The number of esters is 1. The molecule has 1 fully saturated rings. The topological polar surface area (TPSA) is 46.6 Å². The second kappa shape index (κ2) is 6.07. The summed E-state index contributed by atoms with van der Waals surface area (Å²) < 4.78 is 4.74. The number of hydrogen-bond donors (Lipinski definition) is 0. The third kappa shape index (κ3) is 3.18. The lowest BCUT2D eigenvalue weighted by molar-refractivity contribution is -0.145. The van der Waals surface area contributed by atoms with Gasteiger partial charge in [0.05, 0.1) is 19.4 Å². The van der Waals surface area contributed by atoms with Gasteiger partial charge in [0.2, 0.25) is 5.91 Å². The summed E-state index contributed by atoms with van der Waals surface area (Å²) in [5.41, 5.74) is 3.36. The molecule has 0 radical (unpaired) electrons. The molecule has 1 aliphatic heterocycles. The number of amides is 1. The molecule has 1 atom stereocenters. The van der Waals surface area contributed by atoms with Crippen LogP contribution in [0.1, 0.15) is 23.1 Å². The molecule has 0 spiro atoms. The van der Waals surface area contributed by atoms with E-state index >= 15 is 0 Å². The zero-order valence-corrected chi connectivity index (χ0v) is 12.3. The average Bonchev–Trinajstić information content (AvgIpc) is 2.91. The maximum atomic E-state index is 12.3. The van der Waals surface area contributed by atoms with Crippen LogP contribution in [0.15, 0.2) is 18.2 Å². The van der Waals surface area contributed by atoms with E-state index in [-0.39, 0.29) is 17.8 Å². The summed E-state index contributed by atoms with van der Waals surface area (Å²) in [5.74, 6) is -0.292. The van der Waals surface area contributed by atoms with Crippen LogP contribution in [0, 0.1) is 19.8 Å². The van der Waals surface area contributed by atoms with Gasteiger partial charge in [0.25, 0.3) is 0 Å². The highest BCUT2D eigenvalue weighted by molar-refractivity contribution is 5.81. The number of benzene rings is 1. The zero-order chi connectivity index (χ0) is 14.7. The van der Waals surface area contributed by atoms with Crippen LogP contribution < -0.4 is 0 Å². The van der Waals surface area contributed by atoms with Crippen LogP contribution in [0.3, 0.4) is 0 Å². The molecule has 4 heteroatoms. The number of methoxy groups -OCH3 is 1. The van der Waals surface area contributed by atoms with Crippen molar-refractivity contribution in [3.8, 4) is 0 Å². The minimum atomic E-state index is -0.216. The van der Waals surface area contributed by atoms with Crippen LogP contribution in [0.25, 0.3) is 0 Å². The van der Waals surface area contributed by atoms with E-state index in [1.54, 1.807) is 4.90 Å². The fourth-order valence-electron chi connectivity index (χ4n) is 2.61. The van der Waals surface area contributed by atoms with E-state index in [4.69, 9.17) is 4.74 Å². The molecule has 1 saturated heterocycles. The number of likely N-dealkylation sites (tertiary alicyclic amines) is 1. The van der Waals surface area contributed by atoms with Crippen LogP contribution in [0.2, 0.25) is 0 Å². The summed E-state index contributed by atoms with van der Waals surface area (Å²) in [6, 6.07) is 6.15. The fraction of sp³-hybridized carbons (Fsp3) is 0.500. The molecule has 1 aliphatic rings. The Hall–Kier alpha value is -1.84. The Balaban J connectivity index is 1.99. The molecule has 1 aromatic rings. The van der Waals surface area contributed by atoms with Crippen molar-refractivity contribution in [2.75, 3.05) is 20.2 Å². The van der Waals surface area contributed by atoms with E-state index in [0.29, 0.717) is 25.9 Å². The van der Waals surface area contributed by atoms with Gasteiger partial charge in [-0.25, -0.2) is 0 Å². The van der Waals surface area contributed by atoms with Gasteiger partial charge in [0.1, 0.15) is 0 Å². The first-order valence-electron chi connectivity index (χ1n) is 6.93. The highest BCUT2D eigenvalue weighted by Gasteiger charge is 2.31. The molecule has 1 aromatic carbocycles. The van der Waals surface area contributed by atoms with Crippen LogP contribution in [0.5, 0.6) is 0 Å². The number of nitrogens with zero attached hydrogens (tertiary/aromatic N) is 1. The second-order valence-corrected chi connectivity index (χ2v) is 5.46. The van der Waals surface area contributed by atoms with Gasteiger partial charge in [0.15, 0.2) is 0 Å². The molecule has 0 N–H and O–H groups in total. The number of rotatable bonds is 3. The Morgan fingerprint density at radius 2 is 2.10 bits per heavy atom. The summed E-state index contributed by atoms with van der Waals surface area (Å²) in [7, 11) is 1.39. The standard InChI is InChI=1S/C16H21NO3/c1-11-4-5-12(2)14(8-11)9-15(18)17-7-6-13(10-17)16(19)20-3/h4-5,8,13H,6-7,9-10H2,1-3H3. The average molecular weight is 275 g/mol. The van der Waals surface area contributed by atoms with Gasteiger partial charge in [-0.05, 0) is 31.4 Å². The van der Waals surface area contributed by atoms with Gasteiger partial charge in [-0.15, -0.1) is 0 Å². The molecule has 1 amide bonds. The Morgan fingerprint density at radius 1 is 1.35 bits per heavy atom. The third-order valence-electron chi connectivity index (χ3n) is 3.92. The monoisotopic (exact) mass is 275 g/mol. The van der Waals surface area contributed by atoms with E-state index in [1.165, 1.54) is 7.11 Å². The number of aryl methyl sites for hydroxylation is 2. The van der Waals surface area contributed by atoms with Gasteiger partial charge in [-0.2, -0.15) is 0 Å². The largest absolute Gasteiger partial charge is 0.469 e. The fourth-order valence-corrected chi connectivity index (χ4v) is 2.61. The molecule has 4 nitrogen and oxygen atoms in total. The zero-order valence-electron chi connectivity index (χ0n) is 12.3. The lowest BCUT2D eigenvalue weighted by Gasteiger charge is -2.17. The van der Waals surface area contributed by atoms with Crippen molar-refractivity contribution >= 4 is 11.9 Å². The first-order chi connectivity index (χ1) is 9.51. The van der Waals surface area contributed by atoms with E-state index in [0.717, 1.165) is 16.7 Å². The number of carbonyl (C=O) groups excluding carboxylic acids is 2. The molecule has 1 heterocycles. The smallest absolute Gasteiger partial charge is 0.310 e. The molecule has 2 rings (SSSR count). The van der Waals surface area contributed by atoms with E-state index in [1.807, 2.05) is 26.0 Å². The highest BCUT2D eigenvalue weighted by atomic mass is 16.5. The summed E-state index contributed by atoms with van der Waals surface area (Å²) >= 11 is 0. The van der Waals surface area contributed by atoms with Gasteiger partial charge < -0.3 is 9.64 Å². The van der Waals surface area contributed by atoms with Crippen molar-refractivity contribution in [2.24, 2.45) is 5.92 Å². The molecular formula is C16H21NO3. The van der Waals surface area contributed by atoms with Crippen LogP contribution >= 0.6 is 0 Å². The molecule has 0 bridgehead atoms. The van der Waals surface area contributed by atoms with Gasteiger partial charge in [0, 0.05) is 13.1 Å². The summed E-state index contributed by atoms with van der Waals surface area (Å²) in [6.45, 7) is 5.17. The minimum Gasteiger partial charge on any atom is -0.469 e. The second-order valence-electron chi connectivity index (χ2n) is 5.46. The quantitative estimate of drug-likeness (QED) is 0.791. The van der Waals surface area contributed by atoms with Gasteiger partial charge >= 0.3 is 5.97 Å². The first kappa shape index (κ1) is 14.6. The Bertz CT molecular complexity index is 524. The molecule has 0 aliphatic carbocycles. The van der Waals surface area contributed by atoms with Crippen molar-refractivity contribution < 1.29 is 14.3 Å². The van der Waals surface area contributed by atoms with Crippen molar-refractivity contribution in [3.63, 3.8) is 0 Å². The van der Waals surface area contributed by atoms with Crippen molar-refractivity contribution in [1.29, 1.82) is 0 Å². The number of hydrogen-bond acceptors (Lipinski definition) is 3. The maximum absolute atomic E-state index is 12.3. The van der Waals surface area contributed by atoms with E-state index in [2.05, 4.69) is 6.07 Å². The van der Waals surface area contributed by atoms with Crippen LogP contribution in [0.4, 0.5) is 0 Å². The predicted molar refractivity (Wildman–Crippen MR) is 76.3 cm³/mol. The van der Waals surface area contributed by atoms with E-state index < -0.39 is 0 Å². The van der Waals surface area contributed by atoms with Crippen molar-refractivity contribution in [1.82, 2.24) is 4.90 Å². The minimum absolute atomic E-state index is 0.0881. The lowest BCUT2D eigenvalue weighted by Crippen LogP contribution is -2.31. The van der Waals surface area contributed by atoms with Gasteiger partial charge in [-0.1, -0.05) is 23.8 Å². The van der Waals surface area contributed by atoms with Crippen LogP contribution in [-0.2, 0) is 20.7 Å². The molecule has 0 aromatic heterocycles. The third-order valence-corrected chi connectivity index (χ3v) is 3.92. The number of carbonyl (C=O) groups is 2. The SMILES string of the molecule is COC(=O)C1CCN(C(=O)Cc2cc(C)ccc2C)C1. The van der Waals surface area contributed by atoms with Crippen molar-refractivity contribution in [3.05, 3.63) is 34.9 Å². The number of ether oxygens (including phenoxy) is 1. The maximum Gasteiger partial charge on any atom is 0.310 e. The molecule has 20 heavy (non-hydrogen) atoms. The molecular weight excluding hydrogens is 254 g/mol. The summed E-state index contributed by atoms with van der Waals surface area (Å²) in [4.78, 5) is 25.6. The lowest BCUT2D eigenvalue weighted by atomic mass is 10.0. The summed E-state index contributed by atoms with van der Waals surface area (Å²) in [6.07, 6.45) is 1.10. The van der Waals surface area contributed by atoms with Crippen molar-refractivity contribution in [2.45, 2.75) is 26.7 Å². The van der Waals surface area contributed by atoms with Gasteiger partial charge in [-0.3, -0.25) is 9.59 Å². The Kier molecular flexibility index (Phi) is 4.42. The highest BCUT2D eigenvalue weighted by Crippen LogP contribution is 2.19. The predicted octanol–water partition coefficient (Wildman–Crippen LogP) is 1.87. The Morgan fingerprint density at radius 3 is 2.80 bits per heavy atom. The first-order valence-corrected chi connectivity index (χ1v) is 6.93. The Labute approximate surface area is 119 Å². The molecule has 0 saturated carbocycles. The van der Waals surface area contributed by atoms with E-state index in [9.17, 15) is 9.59 Å². The normalized spacial score (nSPS) is 18.1. The van der Waals surface area contributed by atoms with Crippen LogP contribution in [-0.4, -0.2) is 37.0 Å².